The van der Waals surface area contributed by atoms with Gasteiger partial charge in [0, 0.05) is 17.8 Å². The van der Waals surface area contributed by atoms with E-state index >= 15 is 0 Å². The Morgan fingerprint density at radius 1 is 1.30 bits per heavy atom. The maximum Gasteiger partial charge on any atom is 0.335 e. The van der Waals surface area contributed by atoms with E-state index < -0.39 is 5.97 Å². The van der Waals surface area contributed by atoms with Crippen LogP contribution < -0.4 is 10.3 Å². The van der Waals surface area contributed by atoms with Crippen LogP contribution in [0.1, 0.15) is 61.5 Å². The van der Waals surface area contributed by atoms with Gasteiger partial charge >= 0.3 is 5.97 Å². The Bertz CT molecular complexity index is 856. The largest absolute Gasteiger partial charge is 0.478 e. The molecule has 0 radical (unpaired) electrons. The second kappa shape index (κ2) is 7.43. The minimum Gasteiger partial charge on any atom is -0.478 e. The van der Waals surface area contributed by atoms with Crippen molar-refractivity contribution in [1.82, 2.24) is 0 Å². The molecule has 2 N–H and O–H groups in total. The normalized spacial score (nSPS) is 18.4. The Morgan fingerprint density at radius 3 is 2.63 bits per heavy atom. The molecule has 142 valence electrons. The third-order valence-electron chi connectivity index (χ3n) is 5.27. The highest BCUT2D eigenvalue weighted by atomic mass is 16.4. The number of benzene rings is 2. The van der Waals surface area contributed by atoms with Crippen LogP contribution in [0.2, 0.25) is 0 Å². The second-order valence-corrected chi connectivity index (χ2v) is 7.73. The highest BCUT2D eigenvalue weighted by Crippen LogP contribution is 2.43. The summed E-state index contributed by atoms with van der Waals surface area (Å²) in [5.74, 6) is -0.430. The average Bonchev–Trinajstić information content (AvgIpc) is 2.62. The van der Waals surface area contributed by atoms with E-state index in [9.17, 15) is 4.79 Å². The quantitative estimate of drug-likeness (QED) is 0.582. The molecular formula is C22H27N3O2. The van der Waals surface area contributed by atoms with Gasteiger partial charge in [0.2, 0.25) is 0 Å². The van der Waals surface area contributed by atoms with Gasteiger partial charge in [0.25, 0.3) is 0 Å². The van der Waals surface area contributed by atoms with Gasteiger partial charge in [-0.3, -0.25) is 5.43 Å². The lowest BCUT2D eigenvalue weighted by molar-refractivity contribution is 0.0697. The maximum atomic E-state index is 10.9. The minimum atomic E-state index is -0.933. The summed E-state index contributed by atoms with van der Waals surface area (Å²) in [6.45, 7) is 10.1. The number of anilines is 2. The molecule has 0 aromatic heterocycles. The van der Waals surface area contributed by atoms with Gasteiger partial charge in [-0.15, -0.1) is 0 Å². The Morgan fingerprint density at radius 2 is 2.00 bits per heavy atom. The van der Waals surface area contributed by atoms with Gasteiger partial charge in [-0.25, -0.2) is 4.79 Å². The fourth-order valence-corrected chi connectivity index (χ4v) is 4.06. The van der Waals surface area contributed by atoms with Crippen molar-refractivity contribution >= 4 is 23.6 Å². The fraction of sp³-hybridized carbons (Fsp3) is 0.364. The van der Waals surface area contributed by atoms with E-state index in [-0.39, 0.29) is 11.1 Å². The summed E-state index contributed by atoms with van der Waals surface area (Å²) < 4.78 is 0. The van der Waals surface area contributed by atoms with E-state index in [4.69, 9.17) is 5.11 Å². The van der Waals surface area contributed by atoms with Crippen molar-refractivity contribution in [2.45, 2.75) is 45.6 Å². The Kier molecular flexibility index (Phi) is 5.22. The predicted octanol–water partition coefficient (Wildman–Crippen LogP) is 4.94. The van der Waals surface area contributed by atoms with Gasteiger partial charge in [0.1, 0.15) is 0 Å². The maximum absolute atomic E-state index is 10.9. The molecular weight excluding hydrogens is 338 g/mol. The molecule has 0 fully saturated rings. The number of carboxylic acids is 1. The van der Waals surface area contributed by atoms with Crippen LogP contribution in [-0.4, -0.2) is 29.4 Å². The van der Waals surface area contributed by atoms with E-state index in [1.165, 1.54) is 11.3 Å². The lowest BCUT2D eigenvalue weighted by atomic mass is 9.79. The van der Waals surface area contributed by atoms with Crippen molar-refractivity contribution < 1.29 is 9.90 Å². The van der Waals surface area contributed by atoms with E-state index in [0.29, 0.717) is 5.92 Å². The second-order valence-electron chi connectivity index (χ2n) is 7.73. The number of fused-ring (bicyclic) bond motifs is 1. The molecule has 0 saturated heterocycles. The molecule has 5 heteroatoms. The first kappa shape index (κ1) is 19.0. The summed E-state index contributed by atoms with van der Waals surface area (Å²) in [5, 5.41) is 13.2. The fourth-order valence-electron chi connectivity index (χ4n) is 4.06. The Labute approximate surface area is 160 Å². The van der Waals surface area contributed by atoms with E-state index in [0.717, 1.165) is 24.2 Å². The standard InChI is InChI=1S/C22H27N3O2/c1-5-25-20-11-6-16(12-19(20)15(2)13-22(25,3)4)14-23-24-18-9-7-17(8-10-18)21(26)27/h6-12,14-15,24H,5,13H2,1-4H3,(H,26,27)/b23-14+/t15-/m0/s1. The first-order valence-corrected chi connectivity index (χ1v) is 9.36. The molecule has 1 heterocycles. The zero-order chi connectivity index (χ0) is 19.6. The lowest BCUT2D eigenvalue weighted by Gasteiger charge is -2.47. The van der Waals surface area contributed by atoms with Crippen LogP contribution in [0.5, 0.6) is 0 Å². The zero-order valence-electron chi connectivity index (χ0n) is 16.4. The zero-order valence-corrected chi connectivity index (χ0v) is 16.4. The van der Waals surface area contributed by atoms with E-state index in [1.54, 1.807) is 30.5 Å². The number of nitrogens with one attached hydrogen (secondary N) is 1. The first-order chi connectivity index (χ1) is 12.8. The molecule has 0 bridgehead atoms. The Hall–Kier alpha value is -2.82. The van der Waals surface area contributed by atoms with Crippen LogP contribution in [-0.2, 0) is 0 Å². The molecule has 2 aromatic carbocycles. The van der Waals surface area contributed by atoms with Crippen molar-refractivity contribution in [3.8, 4) is 0 Å². The van der Waals surface area contributed by atoms with Gasteiger partial charge in [-0.05, 0) is 80.6 Å². The van der Waals surface area contributed by atoms with Crippen LogP contribution in [0, 0.1) is 0 Å². The number of carboxylic acid groups (broad SMARTS) is 1. The molecule has 2 aromatic rings. The van der Waals surface area contributed by atoms with Gasteiger partial charge < -0.3 is 10.0 Å². The number of rotatable bonds is 5. The third kappa shape index (κ3) is 3.97. The molecule has 1 aliphatic rings. The monoisotopic (exact) mass is 365 g/mol. The van der Waals surface area contributed by atoms with Crippen molar-refractivity contribution in [1.29, 1.82) is 0 Å². The highest BCUT2D eigenvalue weighted by Gasteiger charge is 2.35. The predicted molar refractivity (Wildman–Crippen MR) is 111 cm³/mol. The smallest absolute Gasteiger partial charge is 0.335 e. The lowest BCUT2D eigenvalue weighted by Crippen LogP contribution is -2.48. The summed E-state index contributed by atoms with van der Waals surface area (Å²) >= 11 is 0. The molecule has 5 nitrogen and oxygen atoms in total. The molecule has 27 heavy (non-hydrogen) atoms. The van der Waals surface area contributed by atoms with Crippen molar-refractivity contribution in [3.63, 3.8) is 0 Å². The van der Waals surface area contributed by atoms with Crippen molar-refractivity contribution in [3.05, 3.63) is 59.2 Å². The van der Waals surface area contributed by atoms with Crippen LogP contribution in [0.4, 0.5) is 11.4 Å². The topological polar surface area (TPSA) is 64.9 Å². The molecule has 0 spiro atoms. The summed E-state index contributed by atoms with van der Waals surface area (Å²) in [5.41, 5.74) is 7.86. The van der Waals surface area contributed by atoms with Gasteiger partial charge in [-0.2, -0.15) is 5.10 Å². The summed E-state index contributed by atoms with van der Waals surface area (Å²) in [7, 11) is 0. The highest BCUT2D eigenvalue weighted by molar-refractivity contribution is 5.88. The van der Waals surface area contributed by atoms with Gasteiger partial charge in [-0.1, -0.05) is 13.0 Å². The van der Waals surface area contributed by atoms with Gasteiger partial charge in [0.05, 0.1) is 17.5 Å². The van der Waals surface area contributed by atoms with Gasteiger partial charge in [0.15, 0.2) is 0 Å². The molecule has 1 aliphatic heterocycles. The molecule has 0 amide bonds. The molecule has 1 atom stereocenters. The number of hydrogen-bond acceptors (Lipinski definition) is 4. The van der Waals surface area contributed by atoms with Crippen LogP contribution in [0.15, 0.2) is 47.6 Å². The average molecular weight is 365 g/mol. The Balaban J connectivity index is 1.76. The van der Waals surface area contributed by atoms with Crippen LogP contribution in [0.3, 0.4) is 0 Å². The number of carbonyl (C=O) groups is 1. The minimum absolute atomic E-state index is 0.167. The van der Waals surface area contributed by atoms with Crippen molar-refractivity contribution in [2.24, 2.45) is 5.10 Å². The van der Waals surface area contributed by atoms with Crippen LogP contribution >= 0.6 is 0 Å². The molecule has 3 rings (SSSR count). The first-order valence-electron chi connectivity index (χ1n) is 9.36. The van der Waals surface area contributed by atoms with E-state index in [1.807, 2.05) is 0 Å². The third-order valence-corrected chi connectivity index (χ3v) is 5.27. The number of hydrogen-bond donors (Lipinski definition) is 2. The number of nitrogens with zero attached hydrogens (tertiary/aromatic N) is 2. The molecule has 0 aliphatic carbocycles. The molecule has 0 unspecified atom stereocenters. The number of aromatic carboxylic acids is 1. The van der Waals surface area contributed by atoms with Crippen LogP contribution in [0.25, 0.3) is 0 Å². The summed E-state index contributed by atoms with van der Waals surface area (Å²) in [6, 6.07) is 13.0. The summed E-state index contributed by atoms with van der Waals surface area (Å²) in [4.78, 5) is 13.4. The van der Waals surface area contributed by atoms with Crippen molar-refractivity contribution in [2.75, 3.05) is 16.9 Å². The van der Waals surface area contributed by atoms with E-state index in [2.05, 4.69) is 61.3 Å². The summed E-state index contributed by atoms with van der Waals surface area (Å²) in [6.07, 6.45) is 2.93. The SMILES string of the molecule is CCN1c2ccc(/C=N/Nc3ccc(C(=O)O)cc3)cc2[C@@H](C)CC1(C)C. The number of hydrazone groups is 1. The molecule has 0 saturated carbocycles.